The number of nitrogens with zero attached hydrogens (tertiary/aromatic N) is 3. The van der Waals surface area contributed by atoms with Gasteiger partial charge in [0.15, 0.2) is 0 Å². The highest BCUT2D eigenvalue weighted by Crippen LogP contribution is 2.29. The number of hydrogen-bond donors (Lipinski definition) is 0. The number of pyridine rings is 1. The lowest BCUT2D eigenvalue weighted by molar-refractivity contribution is -0.384. The van der Waals surface area contributed by atoms with E-state index in [9.17, 15) is 10.1 Å². The molecule has 116 valence electrons. The van der Waals surface area contributed by atoms with Gasteiger partial charge in [0.05, 0.1) is 16.3 Å². The first-order chi connectivity index (χ1) is 11.2. The van der Waals surface area contributed by atoms with Crippen molar-refractivity contribution in [2.45, 2.75) is 19.8 Å². The predicted octanol–water partition coefficient (Wildman–Crippen LogP) is 4.73. The Hall–Kier alpha value is -2.60. The van der Waals surface area contributed by atoms with Gasteiger partial charge < -0.3 is 0 Å². The molecular weight excluding hydrogens is 310 g/mol. The first-order valence-electron chi connectivity index (χ1n) is 7.34. The lowest BCUT2D eigenvalue weighted by Crippen LogP contribution is -1.91. The zero-order chi connectivity index (χ0) is 16.2. The van der Waals surface area contributed by atoms with Gasteiger partial charge in [-0.05, 0) is 30.7 Å². The van der Waals surface area contributed by atoms with Crippen LogP contribution in [0.1, 0.15) is 19.0 Å². The number of non-ortho nitro benzene ring substituents is 1. The van der Waals surface area contributed by atoms with Crippen molar-refractivity contribution in [1.29, 1.82) is 0 Å². The van der Waals surface area contributed by atoms with Crippen LogP contribution < -0.4 is 0 Å². The molecule has 0 amide bonds. The molecule has 0 fully saturated rings. The van der Waals surface area contributed by atoms with Crippen molar-refractivity contribution in [2.75, 3.05) is 0 Å². The van der Waals surface area contributed by atoms with Gasteiger partial charge in [0.25, 0.3) is 5.69 Å². The van der Waals surface area contributed by atoms with Crippen LogP contribution in [-0.2, 0) is 6.42 Å². The van der Waals surface area contributed by atoms with Crippen LogP contribution in [0.5, 0.6) is 0 Å². The molecule has 3 aromatic rings. The lowest BCUT2D eigenvalue weighted by Gasteiger charge is -2.00. The number of rotatable bonds is 5. The minimum absolute atomic E-state index is 0.0816. The minimum atomic E-state index is -0.403. The normalized spacial score (nSPS) is 10.7. The van der Waals surface area contributed by atoms with Crippen molar-refractivity contribution in [3.63, 3.8) is 0 Å². The summed E-state index contributed by atoms with van der Waals surface area (Å²) >= 11 is 1.53. The van der Waals surface area contributed by atoms with E-state index in [2.05, 4.69) is 16.9 Å². The summed E-state index contributed by atoms with van der Waals surface area (Å²) in [6.07, 6.45) is 2.01. The predicted molar refractivity (Wildman–Crippen MR) is 91.4 cm³/mol. The second kappa shape index (κ2) is 6.66. The Morgan fingerprint density at radius 1 is 1.09 bits per heavy atom. The van der Waals surface area contributed by atoms with Crippen LogP contribution in [0.4, 0.5) is 5.69 Å². The quantitative estimate of drug-likeness (QED) is 0.502. The third-order valence-electron chi connectivity index (χ3n) is 3.41. The lowest BCUT2D eigenvalue weighted by atomic mass is 10.1. The average molecular weight is 325 g/mol. The van der Waals surface area contributed by atoms with Crippen LogP contribution in [0.2, 0.25) is 0 Å². The number of thiazole rings is 1. The number of nitro groups is 1. The summed E-state index contributed by atoms with van der Waals surface area (Å²) in [7, 11) is 0. The fourth-order valence-electron chi connectivity index (χ4n) is 2.27. The molecule has 0 radical (unpaired) electrons. The monoisotopic (exact) mass is 325 g/mol. The molecule has 0 unspecified atom stereocenters. The molecule has 1 aromatic carbocycles. The molecule has 0 atom stereocenters. The van der Waals surface area contributed by atoms with Gasteiger partial charge in [0, 0.05) is 28.8 Å². The fourth-order valence-corrected chi connectivity index (χ4v) is 3.07. The van der Waals surface area contributed by atoms with Crippen LogP contribution >= 0.6 is 11.3 Å². The molecule has 2 heterocycles. The molecule has 0 N–H and O–H groups in total. The Kier molecular flexibility index (Phi) is 4.43. The number of nitro benzene ring substituents is 1. The highest BCUT2D eigenvalue weighted by atomic mass is 32.1. The molecular formula is C17H15N3O2S. The van der Waals surface area contributed by atoms with E-state index in [1.165, 1.54) is 23.5 Å². The van der Waals surface area contributed by atoms with E-state index in [1.54, 1.807) is 12.1 Å². The van der Waals surface area contributed by atoms with Crippen molar-refractivity contribution in [2.24, 2.45) is 0 Å². The van der Waals surface area contributed by atoms with Gasteiger partial charge in [-0.25, -0.2) is 4.98 Å². The van der Waals surface area contributed by atoms with E-state index in [0.717, 1.165) is 40.5 Å². The van der Waals surface area contributed by atoms with E-state index >= 15 is 0 Å². The molecule has 6 heteroatoms. The summed E-state index contributed by atoms with van der Waals surface area (Å²) in [5, 5.41) is 13.5. The molecule has 2 aromatic heterocycles. The second-order valence-electron chi connectivity index (χ2n) is 5.11. The summed E-state index contributed by atoms with van der Waals surface area (Å²) in [6, 6.07) is 12.4. The minimum Gasteiger partial charge on any atom is -0.258 e. The van der Waals surface area contributed by atoms with Crippen molar-refractivity contribution in [1.82, 2.24) is 9.97 Å². The summed E-state index contributed by atoms with van der Waals surface area (Å²) in [5.74, 6) is 0. The third kappa shape index (κ3) is 3.43. The molecule has 0 aliphatic heterocycles. The Balaban J connectivity index is 1.88. The van der Waals surface area contributed by atoms with E-state index in [-0.39, 0.29) is 5.69 Å². The molecule has 0 saturated carbocycles. The van der Waals surface area contributed by atoms with Gasteiger partial charge in [0.1, 0.15) is 5.01 Å². The summed E-state index contributed by atoms with van der Waals surface area (Å²) in [5.41, 5.74) is 3.69. The molecule has 3 rings (SSSR count). The molecule has 0 bridgehead atoms. The van der Waals surface area contributed by atoms with Gasteiger partial charge in [0.2, 0.25) is 0 Å². The third-order valence-corrected chi connectivity index (χ3v) is 4.27. The molecule has 23 heavy (non-hydrogen) atoms. The van der Waals surface area contributed by atoms with Crippen molar-refractivity contribution < 1.29 is 4.92 Å². The zero-order valence-electron chi connectivity index (χ0n) is 12.6. The second-order valence-corrected chi connectivity index (χ2v) is 5.96. The molecule has 0 aliphatic rings. The standard InChI is InChI=1S/C17H15N3O2S/c1-2-4-13-5-3-6-15(18-13)17-19-16(11-23-17)12-7-9-14(10-8-12)20(21)22/h3,5-11H,2,4H2,1H3. The number of aromatic nitrogens is 2. The summed E-state index contributed by atoms with van der Waals surface area (Å²) in [4.78, 5) is 19.6. The molecule has 0 aliphatic carbocycles. The van der Waals surface area contributed by atoms with Crippen LogP contribution in [0, 0.1) is 10.1 Å². The molecule has 0 saturated heterocycles. The van der Waals surface area contributed by atoms with Gasteiger partial charge >= 0.3 is 0 Å². The van der Waals surface area contributed by atoms with Crippen molar-refractivity contribution in [3.05, 3.63) is 63.7 Å². The zero-order valence-corrected chi connectivity index (χ0v) is 13.4. The summed E-state index contributed by atoms with van der Waals surface area (Å²) in [6.45, 7) is 2.13. The Morgan fingerprint density at radius 3 is 2.57 bits per heavy atom. The van der Waals surface area contributed by atoms with Crippen LogP contribution in [-0.4, -0.2) is 14.9 Å². The van der Waals surface area contributed by atoms with E-state index in [1.807, 2.05) is 23.6 Å². The Bertz CT molecular complexity index is 828. The van der Waals surface area contributed by atoms with E-state index in [0.29, 0.717) is 0 Å². The summed E-state index contributed by atoms with van der Waals surface area (Å²) < 4.78 is 0. The van der Waals surface area contributed by atoms with Crippen LogP contribution in [0.25, 0.3) is 22.0 Å². The largest absolute Gasteiger partial charge is 0.269 e. The topological polar surface area (TPSA) is 68.9 Å². The highest BCUT2D eigenvalue weighted by molar-refractivity contribution is 7.13. The number of aryl methyl sites for hydroxylation is 1. The Morgan fingerprint density at radius 2 is 1.87 bits per heavy atom. The highest BCUT2D eigenvalue weighted by Gasteiger charge is 2.10. The first-order valence-corrected chi connectivity index (χ1v) is 8.22. The van der Waals surface area contributed by atoms with Gasteiger partial charge in [-0.1, -0.05) is 19.4 Å². The maximum atomic E-state index is 10.7. The van der Waals surface area contributed by atoms with E-state index in [4.69, 9.17) is 0 Å². The van der Waals surface area contributed by atoms with E-state index < -0.39 is 4.92 Å². The van der Waals surface area contributed by atoms with Gasteiger partial charge in [-0.3, -0.25) is 15.1 Å². The maximum absolute atomic E-state index is 10.7. The van der Waals surface area contributed by atoms with Gasteiger partial charge in [-0.2, -0.15) is 0 Å². The first kappa shape index (κ1) is 15.3. The average Bonchev–Trinajstić information content (AvgIpc) is 3.05. The SMILES string of the molecule is CCCc1cccc(-c2nc(-c3ccc([N+](=O)[O-])cc3)cs2)n1. The molecule has 5 nitrogen and oxygen atoms in total. The number of hydrogen-bond acceptors (Lipinski definition) is 5. The van der Waals surface area contributed by atoms with Gasteiger partial charge in [-0.15, -0.1) is 11.3 Å². The smallest absolute Gasteiger partial charge is 0.258 e. The van der Waals surface area contributed by atoms with Crippen molar-refractivity contribution >= 4 is 17.0 Å². The fraction of sp³-hybridized carbons (Fsp3) is 0.176. The number of benzene rings is 1. The van der Waals surface area contributed by atoms with Crippen molar-refractivity contribution in [3.8, 4) is 22.0 Å². The maximum Gasteiger partial charge on any atom is 0.269 e. The Labute approximate surface area is 137 Å². The molecule has 0 spiro atoms. The van der Waals surface area contributed by atoms with Crippen LogP contribution in [0.15, 0.2) is 47.8 Å². The van der Waals surface area contributed by atoms with Crippen LogP contribution in [0.3, 0.4) is 0 Å².